The molecular weight excluding hydrogens is 582 g/mol. The van der Waals surface area contributed by atoms with Gasteiger partial charge in [0, 0.05) is 25.7 Å². The maximum absolute atomic E-state index is 14.1. The third-order valence-electron chi connectivity index (χ3n) is 9.07. The van der Waals surface area contributed by atoms with E-state index in [9.17, 15) is 13.2 Å². The lowest BCUT2D eigenvalue weighted by molar-refractivity contribution is -0.166. The maximum Gasteiger partial charge on any atom is 0.306 e. The minimum Gasteiger partial charge on any atom is -0.466 e. The summed E-state index contributed by atoms with van der Waals surface area (Å²) in [4.78, 5) is 17.3. The van der Waals surface area contributed by atoms with Crippen molar-refractivity contribution in [2.75, 3.05) is 26.4 Å². The van der Waals surface area contributed by atoms with Crippen LogP contribution in [0.4, 0.5) is 0 Å². The first kappa shape index (κ1) is 28.9. The Balaban J connectivity index is 1.33. The highest BCUT2D eigenvalue weighted by molar-refractivity contribution is 7.89. The van der Waals surface area contributed by atoms with Gasteiger partial charge in [-0.05, 0) is 84.7 Å². The summed E-state index contributed by atoms with van der Waals surface area (Å²) in [5.74, 6) is -0.492. The number of carbonyl (C=O) groups is 1. The van der Waals surface area contributed by atoms with E-state index in [2.05, 4.69) is 27.4 Å². The van der Waals surface area contributed by atoms with Crippen LogP contribution in [0.1, 0.15) is 59.1 Å². The second-order valence-corrected chi connectivity index (χ2v) is 13.9. The molecular formula is C32H35N5O6S. The lowest BCUT2D eigenvalue weighted by atomic mass is 9.83. The summed E-state index contributed by atoms with van der Waals surface area (Å²) in [5, 5.41) is 8.59. The lowest BCUT2D eigenvalue weighted by Crippen LogP contribution is -2.60. The van der Waals surface area contributed by atoms with E-state index in [1.54, 1.807) is 23.7 Å². The predicted molar refractivity (Wildman–Crippen MR) is 161 cm³/mol. The van der Waals surface area contributed by atoms with E-state index in [1.807, 2.05) is 26.1 Å². The smallest absolute Gasteiger partial charge is 0.306 e. The molecule has 4 heterocycles. The highest BCUT2D eigenvalue weighted by atomic mass is 32.2. The molecule has 0 N–H and O–H groups in total. The fraction of sp³-hybridized carbons (Fsp3) is 0.438. The molecule has 1 fully saturated rings. The molecule has 4 aromatic rings. The molecule has 0 radical (unpaired) electrons. The van der Waals surface area contributed by atoms with Crippen molar-refractivity contribution in [2.24, 2.45) is 7.05 Å². The molecule has 2 aromatic heterocycles. The molecule has 11 nitrogen and oxygen atoms in total. The Morgan fingerprint density at radius 3 is 2.80 bits per heavy atom. The number of aryl methyl sites for hydroxylation is 3. The highest BCUT2D eigenvalue weighted by Gasteiger charge is 2.49. The van der Waals surface area contributed by atoms with Gasteiger partial charge in [-0.25, -0.2) is 18.1 Å². The number of rotatable bonds is 7. The molecule has 1 saturated heterocycles. The van der Waals surface area contributed by atoms with Gasteiger partial charge in [0.15, 0.2) is 5.60 Å². The maximum atomic E-state index is 14.1. The molecule has 1 spiro atoms. The number of fused-ring (bicyclic) bond motifs is 3. The molecule has 44 heavy (non-hydrogen) atoms. The Morgan fingerprint density at radius 2 is 2.02 bits per heavy atom. The topological polar surface area (TPSA) is 126 Å². The summed E-state index contributed by atoms with van der Waals surface area (Å²) in [6, 6.07) is 11.5. The zero-order valence-electron chi connectivity index (χ0n) is 25.1. The molecule has 3 aliphatic rings. The van der Waals surface area contributed by atoms with E-state index in [1.165, 1.54) is 21.6 Å². The molecule has 230 valence electrons. The zero-order chi connectivity index (χ0) is 30.6. The van der Waals surface area contributed by atoms with Gasteiger partial charge in [-0.2, -0.15) is 4.31 Å². The van der Waals surface area contributed by atoms with E-state index >= 15 is 0 Å². The fourth-order valence-electron chi connectivity index (χ4n) is 6.83. The van der Waals surface area contributed by atoms with Gasteiger partial charge in [0.05, 0.1) is 38.3 Å². The number of hydrogen-bond acceptors (Lipinski definition) is 9. The van der Waals surface area contributed by atoms with Gasteiger partial charge < -0.3 is 14.2 Å². The summed E-state index contributed by atoms with van der Waals surface area (Å²) >= 11 is 0. The summed E-state index contributed by atoms with van der Waals surface area (Å²) in [6.07, 6.45) is 4.44. The minimum atomic E-state index is -3.92. The summed E-state index contributed by atoms with van der Waals surface area (Å²) in [6.45, 7) is 5.01. The molecule has 2 aromatic carbocycles. The van der Waals surface area contributed by atoms with Crippen LogP contribution < -0.4 is 4.74 Å². The monoisotopic (exact) mass is 617 g/mol. The summed E-state index contributed by atoms with van der Waals surface area (Å²) < 4.78 is 48.5. The van der Waals surface area contributed by atoms with Crippen LogP contribution in [0.2, 0.25) is 0 Å². The first-order valence-electron chi connectivity index (χ1n) is 15.0. The van der Waals surface area contributed by atoms with Gasteiger partial charge in [0.1, 0.15) is 10.4 Å². The number of hydrogen-bond donors (Lipinski definition) is 0. The van der Waals surface area contributed by atoms with Crippen LogP contribution in [0.15, 0.2) is 47.5 Å². The predicted octanol–water partition coefficient (Wildman–Crippen LogP) is 3.60. The van der Waals surface area contributed by atoms with Crippen LogP contribution in [0.25, 0.3) is 11.0 Å². The zero-order valence-corrected chi connectivity index (χ0v) is 25.9. The van der Waals surface area contributed by atoms with E-state index in [0.717, 1.165) is 52.5 Å². The minimum absolute atomic E-state index is 0.0599. The molecule has 0 saturated carbocycles. The average Bonchev–Trinajstić information content (AvgIpc) is 3.60. The van der Waals surface area contributed by atoms with Crippen molar-refractivity contribution in [3.63, 3.8) is 0 Å². The number of benzene rings is 2. The van der Waals surface area contributed by atoms with Crippen molar-refractivity contribution in [1.82, 2.24) is 24.3 Å². The Morgan fingerprint density at radius 1 is 1.18 bits per heavy atom. The molecule has 0 bridgehead atoms. The van der Waals surface area contributed by atoms with Gasteiger partial charge in [-0.3, -0.25) is 4.79 Å². The number of nitrogens with zero attached hydrogens (tertiary/aromatic N) is 5. The van der Waals surface area contributed by atoms with E-state index in [-0.39, 0.29) is 42.2 Å². The second-order valence-electron chi connectivity index (χ2n) is 12.0. The summed E-state index contributed by atoms with van der Waals surface area (Å²) in [7, 11) is -2.07. The molecule has 1 atom stereocenters. The third-order valence-corrected chi connectivity index (χ3v) is 10.9. The number of carbonyl (C=O) groups excluding carboxylic acids is 1. The Labute approximate surface area is 256 Å². The molecule has 2 aliphatic heterocycles. The number of esters is 1. The SMILES string of the molecule is CCOC(=O)CC(c1cc2c(c(CN3CC4(COC4)Oc4ncccc4S3(=O)=O)c1)CCC2)c1ccc2c(nnn2C)c1C. The van der Waals surface area contributed by atoms with Crippen LogP contribution in [0, 0.1) is 6.92 Å². The van der Waals surface area contributed by atoms with Crippen molar-refractivity contribution >= 4 is 27.0 Å². The van der Waals surface area contributed by atoms with Gasteiger partial charge in [0.25, 0.3) is 0 Å². The van der Waals surface area contributed by atoms with Crippen LogP contribution in [-0.2, 0) is 50.7 Å². The van der Waals surface area contributed by atoms with Gasteiger partial charge >= 0.3 is 5.97 Å². The first-order valence-corrected chi connectivity index (χ1v) is 16.4. The van der Waals surface area contributed by atoms with Crippen molar-refractivity contribution in [3.05, 3.63) is 76.0 Å². The molecule has 1 aliphatic carbocycles. The van der Waals surface area contributed by atoms with Gasteiger partial charge in [-0.15, -0.1) is 5.10 Å². The average molecular weight is 618 g/mol. The van der Waals surface area contributed by atoms with Gasteiger partial charge in [-0.1, -0.05) is 23.4 Å². The molecule has 1 unspecified atom stereocenters. The first-order chi connectivity index (χ1) is 21.2. The van der Waals surface area contributed by atoms with Crippen LogP contribution in [0.5, 0.6) is 5.88 Å². The number of pyridine rings is 1. The van der Waals surface area contributed by atoms with Crippen molar-refractivity contribution < 1.29 is 27.4 Å². The quantitative estimate of drug-likeness (QED) is 0.286. The number of aromatic nitrogens is 4. The Kier molecular flexibility index (Phi) is 7.18. The van der Waals surface area contributed by atoms with Crippen LogP contribution >= 0.6 is 0 Å². The fourth-order valence-corrected chi connectivity index (χ4v) is 8.39. The Hall–Kier alpha value is -3.87. The highest BCUT2D eigenvalue weighted by Crippen LogP contribution is 2.40. The standard InChI is InChI=1S/C32H35N5O6S/c1-4-42-29(38)15-26(24-10-11-27-30(20(24)2)34-35-36(27)3)22-13-21-7-5-8-25(21)23(14-22)16-37-17-32(18-41-19-32)43-31-28(44(37,39)40)9-6-12-33-31/h6,9-14,26H,4-5,7-8,15-19H2,1-3H3. The van der Waals surface area contributed by atoms with E-state index in [4.69, 9.17) is 14.2 Å². The van der Waals surface area contributed by atoms with Crippen molar-refractivity contribution in [2.45, 2.75) is 62.5 Å². The van der Waals surface area contributed by atoms with E-state index in [0.29, 0.717) is 19.8 Å². The van der Waals surface area contributed by atoms with Crippen LogP contribution in [0.3, 0.4) is 0 Å². The second kappa shape index (κ2) is 10.9. The third kappa shape index (κ3) is 4.85. The number of sulfonamides is 1. The molecule has 7 rings (SSSR count). The lowest BCUT2D eigenvalue weighted by Gasteiger charge is -2.41. The van der Waals surface area contributed by atoms with E-state index < -0.39 is 15.6 Å². The number of ether oxygens (including phenoxy) is 3. The largest absolute Gasteiger partial charge is 0.466 e. The van der Waals surface area contributed by atoms with Crippen molar-refractivity contribution in [1.29, 1.82) is 0 Å². The molecule has 0 amide bonds. The van der Waals surface area contributed by atoms with Crippen LogP contribution in [-0.4, -0.2) is 70.6 Å². The van der Waals surface area contributed by atoms with Gasteiger partial charge in [0.2, 0.25) is 15.9 Å². The van der Waals surface area contributed by atoms with Crippen molar-refractivity contribution in [3.8, 4) is 5.88 Å². The summed E-state index contributed by atoms with van der Waals surface area (Å²) in [5.41, 5.74) is 7.09. The molecule has 12 heteroatoms. The Bertz CT molecular complexity index is 1880. The normalized spacial score (nSPS) is 19.1.